The summed E-state index contributed by atoms with van der Waals surface area (Å²) in [5, 5.41) is 12.8. The molecule has 5 heteroatoms. The molecule has 1 aromatic heterocycles. The number of amides is 1. The number of carbonyl (C=O) groups is 1. The second kappa shape index (κ2) is 7.35. The number of hydrogen-bond donors (Lipinski definition) is 1. The average Bonchev–Trinajstić information content (AvgIpc) is 2.98. The number of nitrogens with zero attached hydrogens (tertiary/aromatic N) is 3. The fraction of sp³-hybridized carbons (Fsp3) is 0.350. The first-order valence-electron chi connectivity index (χ1n) is 8.55. The SMILES string of the molecule is Cc1cc(NCc2ccccc2CN2CCCC2=O)c(C#N)c(C)n1. The van der Waals surface area contributed by atoms with Crippen molar-refractivity contribution in [2.24, 2.45) is 0 Å². The van der Waals surface area contributed by atoms with Crippen molar-refractivity contribution in [3.05, 3.63) is 58.4 Å². The molecule has 1 aromatic carbocycles. The van der Waals surface area contributed by atoms with E-state index in [1.165, 1.54) is 0 Å². The Kier molecular flexibility index (Phi) is 4.99. The Morgan fingerprint density at radius 3 is 2.72 bits per heavy atom. The van der Waals surface area contributed by atoms with E-state index in [4.69, 9.17) is 0 Å². The minimum atomic E-state index is 0.231. The molecule has 128 valence electrons. The third-order valence-electron chi connectivity index (χ3n) is 4.56. The number of nitrogens with one attached hydrogen (secondary N) is 1. The zero-order valence-electron chi connectivity index (χ0n) is 14.7. The Morgan fingerprint density at radius 2 is 2.04 bits per heavy atom. The van der Waals surface area contributed by atoms with Gasteiger partial charge >= 0.3 is 0 Å². The number of nitriles is 1. The van der Waals surface area contributed by atoms with Gasteiger partial charge in [-0.2, -0.15) is 5.26 Å². The van der Waals surface area contributed by atoms with E-state index in [1.54, 1.807) is 0 Å². The van der Waals surface area contributed by atoms with Gasteiger partial charge in [0.2, 0.25) is 5.91 Å². The van der Waals surface area contributed by atoms with Crippen LogP contribution in [-0.2, 0) is 17.9 Å². The summed E-state index contributed by atoms with van der Waals surface area (Å²) in [6, 6.07) is 12.3. The van der Waals surface area contributed by atoms with Gasteiger partial charge < -0.3 is 10.2 Å². The number of likely N-dealkylation sites (tertiary alicyclic amines) is 1. The molecule has 1 amide bonds. The molecule has 0 unspecified atom stereocenters. The van der Waals surface area contributed by atoms with E-state index in [9.17, 15) is 10.1 Å². The second-order valence-electron chi connectivity index (χ2n) is 6.42. The molecule has 0 radical (unpaired) electrons. The van der Waals surface area contributed by atoms with Gasteiger partial charge in [0.05, 0.1) is 16.9 Å². The average molecular weight is 334 g/mol. The number of carbonyl (C=O) groups excluding carboxylic acids is 1. The van der Waals surface area contributed by atoms with Crippen LogP contribution in [0.25, 0.3) is 0 Å². The van der Waals surface area contributed by atoms with Crippen molar-refractivity contribution in [3.8, 4) is 6.07 Å². The van der Waals surface area contributed by atoms with E-state index in [2.05, 4.69) is 28.5 Å². The highest BCUT2D eigenvalue weighted by atomic mass is 16.2. The zero-order valence-corrected chi connectivity index (χ0v) is 14.7. The lowest BCUT2D eigenvalue weighted by Gasteiger charge is -2.19. The summed E-state index contributed by atoms with van der Waals surface area (Å²) >= 11 is 0. The molecule has 1 fully saturated rings. The number of benzene rings is 1. The number of pyridine rings is 1. The van der Waals surface area contributed by atoms with Crippen molar-refractivity contribution in [1.29, 1.82) is 5.26 Å². The molecule has 0 aliphatic carbocycles. The van der Waals surface area contributed by atoms with E-state index in [0.29, 0.717) is 25.1 Å². The lowest BCUT2D eigenvalue weighted by molar-refractivity contribution is -0.128. The maximum absolute atomic E-state index is 11.9. The first kappa shape index (κ1) is 17.0. The summed E-state index contributed by atoms with van der Waals surface area (Å²) in [5.41, 5.74) is 5.29. The quantitative estimate of drug-likeness (QED) is 0.911. The van der Waals surface area contributed by atoms with Crippen LogP contribution in [0.5, 0.6) is 0 Å². The minimum Gasteiger partial charge on any atom is -0.380 e. The van der Waals surface area contributed by atoms with Gasteiger partial charge in [-0.15, -0.1) is 0 Å². The summed E-state index contributed by atoms with van der Waals surface area (Å²) in [4.78, 5) is 18.2. The molecule has 0 atom stereocenters. The van der Waals surface area contributed by atoms with Gasteiger partial charge in [-0.05, 0) is 37.5 Å². The van der Waals surface area contributed by atoms with Gasteiger partial charge in [-0.1, -0.05) is 24.3 Å². The number of rotatable bonds is 5. The van der Waals surface area contributed by atoms with Crippen molar-refractivity contribution in [3.63, 3.8) is 0 Å². The summed E-state index contributed by atoms with van der Waals surface area (Å²) in [7, 11) is 0. The molecule has 5 nitrogen and oxygen atoms in total. The van der Waals surface area contributed by atoms with Crippen LogP contribution in [-0.4, -0.2) is 22.3 Å². The predicted molar refractivity (Wildman–Crippen MR) is 96.8 cm³/mol. The summed E-state index contributed by atoms with van der Waals surface area (Å²) in [6.45, 7) is 5.86. The molecular weight excluding hydrogens is 312 g/mol. The first-order chi connectivity index (χ1) is 12.1. The highest BCUT2D eigenvalue weighted by molar-refractivity contribution is 5.78. The van der Waals surface area contributed by atoms with E-state index < -0.39 is 0 Å². The monoisotopic (exact) mass is 334 g/mol. The molecule has 0 saturated carbocycles. The molecule has 25 heavy (non-hydrogen) atoms. The Hall–Kier alpha value is -2.87. The van der Waals surface area contributed by atoms with E-state index in [1.807, 2.05) is 36.9 Å². The number of anilines is 1. The van der Waals surface area contributed by atoms with Crippen LogP contribution in [0.2, 0.25) is 0 Å². The topological polar surface area (TPSA) is 69.0 Å². The lowest BCUT2D eigenvalue weighted by atomic mass is 10.1. The van der Waals surface area contributed by atoms with Crippen molar-refractivity contribution < 1.29 is 4.79 Å². The van der Waals surface area contributed by atoms with Gasteiger partial charge in [-0.3, -0.25) is 9.78 Å². The molecule has 1 aliphatic rings. The van der Waals surface area contributed by atoms with Gasteiger partial charge in [0, 0.05) is 31.7 Å². The maximum Gasteiger partial charge on any atom is 0.222 e. The van der Waals surface area contributed by atoms with Crippen molar-refractivity contribution >= 4 is 11.6 Å². The van der Waals surface area contributed by atoms with Crippen LogP contribution in [0.3, 0.4) is 0 Å². The zero-order chi connectivity index (χ0) is 17.8. The molecule has 2 heterocycles. The Morgan fingerprint density at radius 1 is 1.28 bits per heavy atom. The van der Waals surface area contributed by atoms with E-state index in [-0.39, 0.29) is 5.91 Å². The fourth-order valence-corrected chi connectivity index (χ4v) is 3.26. The van der Waals surface area contributed by atoms with Gasteiger partial charge in [0.25, 0.3) is 0 Å². The Bertz CT molecular complexity index is 838. The molecule has 0 bridgehead atoms. The molecule has 3 rings (SSSR count). The lowest BCUT2D eigenvalue weighted by Crippen LogP contribution is -2.24. The Labute approximate surface area is 148 Å². The normalized spacial score (nSPS) is 13.8. The minimum absolute atomic E-state index is 0.231. The molecule has 1 saturated heterocycles. The third kappa shape index (κ3) is 3.80. The largest absolute Gasteiger partial charge is 0.380 e. The summed E-state index contributed by atoms with van der Waals surface area (Å²) in [6.07, 6.45) is 1.60. The van der Waals surface area contributed by atoms with Gasteiger partial charge in [0.15, 0.2) is 0 Å². The van der Waals surface area contributed by atoms with E-state index >= 15 is 0 Å². The number of hydrogen-bond acceptors (Lipinski definition) is 4. The highest BCUT2D eigenvalue weighted by Gasteiger charge is 2.20. The van der Waals surface area contributed by atoms with Gasteiger partial charge in [-0.25, -0.2) is 0 Å². The highest BCUT2D eigenvalue weighted by Crippen LogP contribution is 2.22. The maximum atomic E-state index is 11.9. The molecule has 2 aromatic rings. The number of aryl methyl sites for hydroxylation is 2. The van der Waals surface area contributed by atoms with Crippen LogP contribution in [0.4, 0.5) is 5.69 Å². The van der Waals surface area contributed by atoms with E-state index in [0.717, 1.165) is 41.2 Å². The molecule has 1 N–H and O–H groups in total. The van der Waals surface area contributed by atoms with Crippen molar-refractivity contribution in [2.75, 3.05) is 11.9 Å². The molecular formula is C20H22N4O. The summed E-state index contributed by atoms with van der Waals surface area (Å²) in [5.74, 6) is 0.231. The second-order valence-corrected chi connectivity index (χ2v) is 6.42. The Balaban J connectivity index is 1.78. The van der Waals surface area contributed by atoms with Crippen molar-refractivity contribution in [1.82, 2.24) is 9.88 Å². The fourth-order valence-electron chi connectivity index (χ4n) is 3.26. The molecule has 0 spiro atoms. The summed E-state index contributed by atoms with van der Waals surface area (Å²) < 4.78 is 0. The van der Waals surface area contributed by atoms with Crippen LogP contribution in [0, 0.1) is 25.2 Å². The standard InChI is InChI=1S/C20H22N4O/c1-14-10-19(18(11-21)15(2)23-14)22-12-16-6-3-4-7-17(16)13-24-9-5-8-20(24)25/h3-4,6-7,10H,5,8-9,12-13H2,1-2H3,(H,22,23). The van der Waals surface area contributed by atoms with Crippen LogP contribution in [0.15, 0.2) is 30.3 Å². The predicted octanol–water partition coefficient (Wildman–Crippen LogP) is 3.30. The molecule has 1 aliphatic heterocycles. The van der Waals surface area contributed by atoms with Crippen molar-refractivity contribution in [2.45, 2.75) is 39.8 Å². The smallest absolute Gasteiger partial charge is 0.222 e. The van der Waals surface area contributed by atoms with Crippen LogP contribution in [0.1, 0.15) is 40.9 Å². The van der Waals surface area contributed by atoms with Crippen LogP contribution < -0.4 is 5.32 Å². The first-order valence-corrected chi connectivity index (χ1v) is 8.55. The van der Waals surface area contributed by atoms with Gasteiger partial charge in [0.1, 0.15) is 6.07 Å². The van der Waals surface area contributed by atoms with Crippen LogP contribution >= 0.6 is 0 Å². The third-order valence-corrected chi connectivity index (χ3v) is 4.56. The number of aromatic nitrogens is 1.